The van der Waals surface area contributed by atoms with Crippen molar-refractivity contribution in [3.8, 4) is 23.1 Å². The summed E-state index contributed by atoms with van der Waals surface area (Å²) in [6.07, 6.45) is 6.02. The summed E-state index contributed by atoms with van der Waals surface area (Å²) in [6.45, 7) is 6.64. The van der Waals surface area contributed by atoms with Crippen LogP contribution >= 0.6 is 0 Å². The topological polar surface area (TPSA) is 81.4 Å². The molecular weight excluding hydrogens is 420 g/mol. The van der Waals surface area contributed by atoms with Crippen molar-refractivity contribution in [3.05, 3.63) is 71.7 Å². The molecule has 4 atom stereocenters. The molecule has 2 saturated heterocycles. The third kappa shape index (κ3) is 4.25. The van der Waals surface area contributed by atoms with Crippen LogP contribution in [0.25, 0.3) is 22.0 Å². The lowest BCUT2D eigenvalue weighted by atomic mass is 10.0. The molecule has 6 nitrogen and oxygen atoms in total. The first-order chi connectivity index (χ1) is 16.6. The second-order valence-corrected chi connectivity index (χ2v) is 9.99. The molecule has 2 aliphatic rings. The normalized spacial score (nSPS) is 24.4. The number of aromatic nitrogens is 4. The van der Waals surface area contributed by atoms with Crippen LogP contribution in [0.2, 0.25) is 0 Å². The van der Waals surface area contributed by atoms with E-state index >= 15 is 0 Å². The molecule has 4 heterocycles. The van der Waals surface area contributed by atoms with Gasteiger partial charge < -0.3 is 20.6 Å². The van der Waals surface area contributed by atoms with Crippen LogP contribution in [0.1, 0.15) is 61.7 Å². The highest BCUT2D eigenvalue weighted by molar-refractivity contribution is 5.88. The molecule has 0 saturated carbocycles. The summed E-state index contributed by atoms with van der Waals surface area (Å²) in [4.78, 5) is 16.1. The fourth-order valence-electron chi connectivity index (χ4n) is 5.11. The van der Waals surface area contributed by atoms with E-state index in [2.05, 4.69) is 92.7 Å². The molecule has 0 spiro atoms. The van der Waals surface area contributed by atoms with E-state index in [0.29, 0.717) is 23.9 Å². The van der Waals surface area contributed by atoms with Gasteiger partial charge in [0.15, 0.2) is 0 Å². The lowest BCUT2D eigenvalue weighted by Crippen LogP contribution is -2.14. The average Bonchev–Trinajstić information content (AvgIpc) is 3.64. The molecule has 4 N–H and O–H groups in total. The van der Waals surface area contributed by atoms with Gasteiger partial charge >= 0.3 is 0 Å². The van der Waals surface area contributed by atoms with Crippen LogP contribution in [-0.4, -0.2) is 33.0 Å². The van der Waals surface area contributed by atoms with Crippen LogP contribution < -0.4 is 10.6 Å². The molecule has 172 valence electrons. The highest BCUT2D eigenvalue weighted by atomic mass is 15.0. The quantitative estimate of drug-likeness (QED) is 0.341. The molecule has 2 fully saturated rings. The second kappa shape index (κ2) is 8.75. The van der Waals surface area contributed by atoms with Gasteiger partial charge in [0, 0.05) is 11.1 Å². The number of nitrogens with zero attached hydrogens (tertiary/aromatic N) is 2. The highest BCUT2D eigenvalue weighted by Crippen LogP contribution is 2.29. The molecule has 2 aromatic carbocycles. The van der Waals surface area contributed by atoms with E-state index in [9.17, 15) is 0 Å². The fourth-order valence-corrected chi connectivity index (χ4v) is 5.11. The maximum absolute atomic E-state index is 4.64. The zero-order chi connectivity index (χ0) is 23.1. The van der Waals surface area contributed by atoms with Crippen molar-refractivity contribution in [1.29, 1.82) is 0 Å². The first-order valence-electron chi connectivity index (χ1n) is 12.2. The van der Waals surface area contributed by atoms with Gasteiger partial charge in [-0.05, 0) is 72.7 Å². The standard InChI is InChI=1S/C28H30N6/c1-17-9-24(29-13-17)27-31-15-23(33-27)8-4-19-3-5-21-12-22(7-6-20(21)11-19)26-16-32-28(34-26)25-10-18(2)14-30-25/h3,5-7,11-12,15-18,24-25,29-30H,9-10,13-14H2,1-2H3,(H,31,33)(H,32,34)/t17-,18-,24+,25+/m1/s1. The van der Waals surface area contributed by atoms with E-state index in [1.54, 1.807) is 0 Å². The lowest BCUT2D eigenvalue weighted by Gasteiger charge is -2.06. The van der Waals surface area contributed by atoms with Gasteiger partial charge in [0.2, 0.25) is 0 Å². The molecule has 2 aromatic heterocycles. The fraction of sp³-hybridized carbons (Fsp3) is 0.357. The second-order valence-electron chi connectivity index (χ2n) is 9.99. The monoisotopic (exact) mass is 450 g/mol. The van der Waals surface area contributed by atoms with Gasteiger partial charge in [-0.1, -0.05) is 38.0 Å². The summed E-state index contributed by atoms with van der Waals surface area (Å²) in [5.74, 6) is 9.92. The lowest BCUT2D eigenvalue weighted by molar-refractivity contribution is 0.587. The largest absolute Gasteiger partial charge is 0.341 e. The zero-order valence-electron chi connectivity index (χ0n) is 19.7. The maximum Gasteiger partial charge on any atom is 0.124 e. The third-order valence-corrected chi connectivity index (χ3v) is 7.05. The van der Waals surface area contributed by atoms with Gasteiger partial charge in [-0.3, -0.25) is 0 Å². The Labute approximate surface area is 200 Å². The van der Waals surface area contributed by atoms with Crippen LogP contribution in [0.15, 0.2) is 48.8 Å². The summed E-state index contributed by atoms with van der Waals surface area (Å²) in [6, 6.07) is 13.5. The predicted octanol–water partition coefficient (Wildman–Crippen LogP) is 4.69. The molecule has 6 rings (SSSR count). The first-order valence-corrected chi connectivity index (χ1v) is 12.2. The van der Waals surface area contributed by atoms with Crippen molar-refractivity contribution in [1.82, 2.24) is 30.6 Å². The number of nitrogens with one attached hydrogen (secondary N) is 4. The SMILES string of the molecule is C[C@H]1CN[C@H](c2ncc(C#Cc3ccc4cc(-c5cnc([C@@H]6C[C@@H](C)CN6)[nH]5)ccc4c3)[nH]2)C1. The number of benzene rings is 2. The molecule has 2 aliphatic heterocycles. The molecular formula is C28H30N6. The van der Waals surface area contributed by atoms with Crippen LogP contribution in [-0.2, 0) is 0 Å². The predicted molar refractivity (Wildman–Crippen MR) is 135 cm³/mol. The Morgan fingerprint density at radius 1 is 0.765 bits per heavy atom. The number of imidazole rings is 2. The summed E-state index contributed by atoms with van der Waals surface area (Å²) >= 11 is 0. The molecule has 4 aromatic rings. The number of rotatable bonds is 3. The molecule has 0 unspecified atom stereocenters. The Hall–Kier alpha value is -3.40. The first kappa shape index (κ1) is 21.2. The van der Waals surface area contributed by atoms with Gasteiger partial charge in [0.05, 0.1) is 30.2 Å². The Morgan fingerprint density at radius 3 is 2.18 bits per heavy atom. The van der Waals surface area contributed by atoms with Crippen molar-refractivity contribution in [2.45, 2.75) is 38.8 Å². The van der Waals surface area contributed by atoms with Gasteiger partial charge in [0.25, 0.3) is 0 Å². The minimum atomic E-state index is 0.310. The Bertz CT molecular complexity index is 1390. The molecule has 6 heteroatoms. The van der Waals surface area contributed by atoms with E-state index in [0.717, 1.165) is 60.1 Å². The van der Waals surface area contributed by atoms with Crippen LogP contribution in [0.4, 0.5) is 0 Å². The summed E-state index contributed by atoms with van der Waals surface area (Å²) in [5, 5.41) is 9.43. The molecule has 0 amide bonds. The molecule has 0 radical (unpaired) electrons. The van der Waals surface area contributed by atoms with Gasteiger partial charge in [-0.25, -0.2) is 9.97 Å². The summed E-state index contributed by atoms with van der Waals surface area (Å²) in [5.41, 5.74) is 4.06. The molecule has 34 heavy (non-hydrogen) atoms. The van der Waals surface area contributed by atoms with Gasteiger partial charge in [-0.15, -0.1) is 0 Å². The molecule has 0 aliphatic carbocycles. The number of hydrogen-bond donors (Lipinski definition) is 4. The van der Waals surface area contributed by atoms with E-state index in [1.807, 2.05) is 12.4 Å². The van der Waals surface area contributed by atoms with Crippen LogP contribution in [0.3, 0.4) is 0 Å². The zero-order valence-corrected chi connectivity index (χ0v) is 19.7. The van der Waals surface area contributed by atoms with Gasteiger partial charge in [0.1, 0.15) is 17.3 Å². The van der Waals surface area contributed by atoms with Crippen LogP contribution in [0.5, 0.6) is 0 Å². The van der Waals surface area contributed by atoms with E-state index in [1.165, 1.54) is 10.8 Å². The summed E-state index contributed by atoms with van der Waals surface area (Å²) in [7, 11) is 0. The minimum absolute atomic E-state index is 0.310. The summed E-state index contributed by atoms with van der Waals surface area (Å²) < 4.78 is 0. The van der Waals surface area contributed by atoms with Crippen molar-refractivity contribution < 1.29 is 0 Å². The van der Waals surface area contributed by atoms with Crippen molar-refractivity contribution in [3.63, 3.8) is 0 Å². The highest BCUT2D eigenvalue weighted by Gasteiger charge is 2.25. The smallest absolute Gasteiger partial charge is 0.124 e. The number of hydrogen-bond acceptors (Lipinski definition) is 4. The Morgan fingerprint density at radius 2 is 1.44 bits per heavy atom. The number of aromatic amines is 2. The van der Waals surface area contributed by atoms with E-state index < -0.39 is 0 Å². The average molecular weight is 451 g/mol. The van der Waals surface area contributed by atoms with E-state index in [4.69, 9.17) is 0 Å². The van der Waals surface area contributed by atoms with E-state index in [-0.39, 0.29) is 0 Å². The molecule has 0 bridgehead atoms. The van der Waals surface area contributed by atoms with Crippen molar-refractivity contribution in [2.24, 2.45) is 11.8 Å². The number of fused-ring (bicyclic) bond motifs is 1. The maximum atomic E-state index is 4.64. The van der Waals surface area contributed by atoms with Gasteiger partial charge in [-0.2, -0.15) is 0 Å². The van der Waals surface area contributed by atoms with Crippen molar-refractivity contribution >= 4 is 10.8 Å². The van der Waals surface area contributed by atoms with Crippen molar-refractivity contribution in [2.75, 3.05) is 13.1 Å². The number of H-pyrrole nitrogens is 2. The minimum Gasteiger partial charge on any atom is -0.341 e. The Balaban J connectivity index is 1.19. The Kier molecular flexibility index (Phi) is 5.44. The third-order valence-electron chi connectivity index (χ3n) is 7.05. The van der Waals surface area contributed by atoms with Crippen LogP contribution in [0, 0.1) is 23.7 Å².